The Labute approximate surface area is 242 Å². The number of nitrogens with one attached hydrogen (secondary N) is 2. The number of hydrogen-bond acceptors (Lipinski definition) is 7. The van der Waals surface area contributed by atoms with E-state index in [2.05, 4.69) is 15.0 Å². The number of hydrogen-bond donors (Lipinski definition) is 3. The molecule has 1 amide bonds. The van der Waals surface area contributed by atoms with E-state index in [0.29, 0.717) is 31.0 Å². The van der Waals surface area contributed by atoms with Gasteiger partial charge in [-0.3, -0.25) is 9.52 Å². The number of carbonyl (C=O) groups excluding carboxylic acids is 1. The van der Waals surface area contributed by atoms with Gasteiger partial charge in [-0.2, -0.15) is 0 Å². The number of aliphatic hydroxyl groups excluding tert-OH is 1. The fourth-order valence-electron chi connectivity index (χ4n) is 6.00. The van der Waals surface area contributed by atoms with Gasteiger partial charge in [-0.15, -0.1) is 0 Å². The van der Waals surface area contributed by atoms with E-state index in [9.17, 15) is 22.0 Å². The van der Waals surface area contributed by atoms with Crippen LogP contribution in [0.25, 0.3) is 5.57 Å². The van der Waals surface area contributed by atoms with Gasteiger partial charge in [0.15, 0.2) is 11.6 Å². The summed E-state index contributed by atoms with van der Waals surface area (Å²) in [6.07, 6.45) is 6.48. The van der Waals surface area contributed by atoms with Crippen LogP contribution in [0.4, 0.5) is 30.5 Å². The molecule has 0 atom stereocenters. The highest BCUT2D eigenvalue weighted by atomic mass is 32.2. The first kappa shape index (κ1) is 28.8. The smallest absolute Gasteiger partial charge is 0.260 e. The second kappa shape index (κ2) is 10.7. The number of alkyl halides is 2. The van der Waals surface area contributed by atoms with Gasteiger partial charge in [-0.05, 0) is 66.9 Å². The number of sulfonamides is 1. The molecule has 1 aromatic heterocycles. The number of aromatic nitrogens is 1. The van der Waals surface area contributed by atoms with Gasteiger partial charge in [0.05, 0.1) is 30.2 Å². The molecule has 2 fully saturated rings. The summed E-state index contributed by atoms with van der Waals surface area (Å²) in [5.74, 6) is -3.96. The van der Waals surface area contributed by atoms with Gasteiger partial charge in [-0.25, -0.2) is 26.6 Å². The molecule has 1 saturated carbocycles. The zero-order valence-corrected chi connectivity index (χ0v) is 23.8. The maximum absolute atomic E-state index is 15.7. The van der Waals surface area contributed by atoms with E-state index in [-0.39, 0.29) is 54.0 Å². The van der Waals surface area contributed by atoms with Gasteiger partial charge in [-0.1, -0.05) is 6.08 Å². The third-order valence-electron chi connectivity index (χ3n) is 8.65. The van der Waals surface area contributed by atoms with Crippen LogP contribution in [0.3, 0.4) is 0 Å². The van der Waals surface area contributed by atoms with Crippen LogP contribution in [-0.4, -0.2) is 62.4 Å². The molecule has 42 heavy (non-hydrogen) atoms. The summed E-state index contributed by atoms with van der Waals surface area (Å²) in [5.41, 5.74) is 1.80. The van der Waals surface area contributed by atoms with E-state index in [1.54, 1.807) is 11.0 Å². The second-order valence-electron chi connectivity index (χ2n) is 11.7. The number of amides is 1. The Morgan fingerprint density at radius 2 is 1.86 bits per heavy atom. The van der Waals surface area contributed by atoms with E-state index in [0.717, 1.165) is 42.9 Å². The summed E-state index contributed by atoms with van der Waals surface area (Å²) in [5, 5.41) is 11.8. The van der Waals surface area contributed by atoms with Crippen LogP contribution in [0.1, 0.15) is 66.4 Å². The molecule has 13 heteroatoms. The van der Waals surface area contributed by atoms with Gasteiger partial charge < -0.3 is 20.1 Å². The Bertz CT molecular complexity index is 1550. The third-order valence-corrected chi connectivity index (χ3v) is 9.91. The molecule has 0 unspecified atom stereocenters. The SMILES string of the molecule is O=C(Nc1cc2c(c(N3CCC(F)(F)CC3)n1)OCC2)c1c(F)cc(NS(=O)(=O)CCO)cc1C1=CCC2(CC1)CC2. The van der Waals surface area contributed by atoms with Crippen molar-refractivity contribution in [1.29, 1.82) is 0 Å². The Morgan fingerprint density at radius 1 is 1.10 bits per heavy atom. The molecule has 2 aliphatic heterocycles. The van der Waals surface area contributed by atoms with Crippen molar-refractivity contribution in [2.45, 2.75) is 57.3 Å². The van der Waals surface area contributed by atoms with Crippen molar-refractivity contribution in [2.24, 2.45) is 5.41 Å². The molecule has 4 aliphatic rings. The van der Waals surface area contributed by atoms with Crippen molar-refractivity contribution in [3.8, 4) is 5.75 Å². The minimum Gasteiger partial charge on any atom is -0.489 e. The maximum Gasteiger partial charge on any atom is 0.260 e. The standard InChI is InChI=1S/C29H33F3N4O5S/c30-22-17-20(35-42(39,40)14-12-37)16-21(18-1-4-28(5-2-18)6-7-28)24(22)27(38)34-23-15-19-3-13-41-25(19)26(33-23)36-10-8-29(31,32)9-11-36/h1,15-17,35,37H,2-14H2,(H,33,34,38). The van der Waals surface area contributed by atoms with E-state index in [1.807, 2.05) is 6.08 Å². The Kier molecular flexibility index (Phi) is 7.37. The molecular formula is C29H33F3N4O5S. The Hall–Kier alpha value is -3.32. The molecule has 226 valence electrons. The van der Waals surface area contributed by atoms with Gasteiger partial charge >= 0.3 is 0 Å². The molecule has 1 spiro atoms. The number of carbonyl (C=O) groups is 1. The molecule has 2 aliphatic carbocycles. The number of halogens is 3. The predicted molar refractivity (Wildman–Crippen MR) is 152 cm³/mol. The van der Waals surface area contributed by atoms with Crippen LogP contribution in [0.2, 0.25) is 0 Å². The molecule has 3 heterocycles. The highest BCUT2D eigenvalue weighted by molar-refractivity contribution is 7.92. The lowest BCUT2D eigenvalue weighted by Gasteiger charge is -2.33. The quantitative estimate of drug-likeness (QED) is 0.398. The second-order valence-corrected chi connectivity index (χ2v) is 13.5. The highest BCUT2D eigenvalue weighted by Crippen LogP contribution is 2.56. The number of nitrogens with zero attached hydrogens (tertiary/aromatic N) is 2. The largest absolute Gasteiger partial charge is 0.489 e. The molecule has 6 rings (SSSR count). The predicted octanol–water partition coefficient (Wildman–Crippen LogP) is 4.72. The maximum atomic E-state index is 15.7. The van der Waals surface area contributed by atoms with Crippen LogP contribution >= 0.6 is 0 Å². The van der Waals surface area contributed by atoms with Gasteiger partial charge in [0.1, 0.15) is 11.6 Å². The lowest BCUT2D eigenvalue weighted by molar-refractivity contribution is -0.0222. The van der Waals surface area contributed by atoms with Crippen molar-refractivity contribution in [3.63, 3.8) is 0 Å². The van der Waals surface area contributed by atoms with Crippen molar-refractivity contribution < 1.29 is 36.2 Å². The molecule has 9 nitrogen and oxygen atoms in total. The summed E-state index contributed by atoms with van der Waals surface area (Å²) in [6.45, 7) is -0.0446. The molecular weight excluding hydrogens is 573 g/mol. The van der Waals surface area contributed by atoms with Crippen LogP contribution in [0, 0.1) is 11.2 Å². The highest BCUT2D eigenvalue weighted by Gasteiger charge is 2.43. The van der Waals surface area contributed by atoms with Crippen LogP contribution in [-0.2, 0) is 16.4 Å². The number of fused-ring (bicyclic) bond motifs is 1. The number of rotatable bonds is 8. The van der Waals surface area contributed by atoms with E-state index in [1.165, 1.54) is 6.07 Å². The van der Waals surface area contributed by atoms with Crippen molar-refractivity contribution in [2.75, 3.05) is 47.0 Å². The molecule has 0 bridgehead atoms. The normalized spacial score (nSPS) is 20.5. The fraction of sp³-hybridized carbons (Fsp3) is 0.517. The van der Waals surface area contributed by atoms with Crippen molar-refractivity contribution >= 4 is 38.8 Å². The van der Waals surface area contributed by atoms with E-state index >= 15 is 4.39 Å². The van der Waals surface area contributed by atoms with Gasteiger partial charge in [0, 0.05) is 37.9 Å². The van der Waals surface area contributed by atoms with Gasteiger partial charge in [0.2, 0.25) is 10.0 Å². The first-order valence-corrected chi connectivity index (χ1v) is 15.9. The van der Waals surface area contributed by atoms with E-state index in [4.69, 9.17) is 9.84 Å². The zero-order valence-electron chi connectivity index (χ0n) is 23.0. The number of ether oxygens (including phenoxy) is 1. The Morgan fingerprint density at radius 3 is 2.52 bits per heavy atom. The number of benzene rings is 1. The first-order chi connectivity index (χ1) is 20.0. The van der Waals surface area contributed by atoms with Gasteiger partial charge in [0.25, 0.3) is 11.8 Å². The fourth-order valence-corrected chi connectivity index (χ4v) is 6.82. The molecule has 3 N–H and O–H groups in total. The lowest BCUT2D eigenvalue weighted by atomic mass is 9.83. The lowest BCUT2D eigenvalue weighted by Crippen LogP contribution is -2.40. The number of aliphatic hydroxyl groups is 1. The van der Waals surface area contributed by atoms with Crippen molar-refractivity contribution in [3.05, 3.63) is 46.8 Å². The van der Waals surface area contributed by atoms with E-state index < -0.39 is 40.0 Å². The zero-order chi connectivity index (χ0) is 29.7. The van der Waals surface area contributed by atoms with Crippen LogP contribution in [0.15, 0.2) is 24.3 Å². The minimum atomic E-state index is -3.93. The number of anilines is 3. The summed E-state index contributed by atoms with van der Waals surface area (Å²) in [7, 11) is -3.93. The average Bonchev–Trinajstić information content (AvgIpc) is 3.49. The number of pyridine rings is 1. The summed E-state index contributed by atoms with van der Waals surface area (Å²) < 4.78 is 76.0. The van der Waals surface area contributed by atoms with Crippen LogP contribution in [0.5, 0.6) is 5.75 Å². The molecule has 2 aromatic rings. The Balaban J connectivity index is 1.33. The summed E-state index contributed by atoms with van der Waals surface area (Å²) in [6, 6.07) is 4.04. The molecule has 1 aromatic carbocycles. The molecule has 0 radical (unpaired) electrons. The third kappa shape index (κ3) is 5.94. The number of piperidine rings is 1. The molecule has 1 saturated heterocycles. The topological polar surface area (TPSA) is 121 Å². The summed E-state index contributed by atoms with van der Waals surface area (Å²) >= 11 is 0. The first-order valence-electron chi connectivity index (χ1n) is 14.2. The summed E-state index contributed by atoms with van der Waals surface area (Å²) in [4.78, 5) is 19.9. The minimum absolute atomic E-state index is 0.0444. The van der Waals surface area contributed by atoms with Crippen LogP contribution < -0.4 is 19.7 Å². The van der Waals surface area contributed by atoms with Crippen molar-refractivity contribution in [1.82, 2.24) is 4.98 Å². The monoisotopic (exact) mass is 606 g/mol. The average molecular weight is 607 g/mol. The number of allylic oxidation sites excluding steroid dienone is 2.